The van der Waals surface area contributed by atoms with Crippen molar-refractivity contribution in [3.05, 3.63) is 60.2 Å². The molecule has 0 unspecified atom stereocenters. The summed E-state index contributed by atoms with van der Waals surface area (Å²) in [6.45, 7) is -0.411. The molecule has 1 aromatic carbocycles. The number of rotatable bonds is 5. The third kappa shape index (κ3) is 3.38. The third-order valence-electron chi connectivity index (χ3n) is 2.67. The Bertz CT molecular complexity index is 677. The number of aliphatic hydroxyl groups excluding tert-OH is 1. The molecule has 0 bridgehead atoms. The van der Waals surface area contributed by atoms with E-state index in [1.54, 1.807) is 30.3 Å². The fourth-order valence-electron chi connectivity index (χ4n) is 1.69. The lowest BCUT2D eigenvalue weighted by atomic mass is 10.1. The van der Waals surface area contributed by atoms with Crippen LogP contribution in [0.2, 0.25) is 0 Å². The molecule has 0 amide bonds. The second-order valence-corrected chi connectivity index (χ2v) is 5.82. The van der Waals surface area contributed by atoms with E-state index in [9.17, 15) is 17.9 Å². The summed E-state index contributed by atoms with van der Waals surface area (Å²) in [6, 6.07) is 8.69. The number of hydrogen-bond acceptors (Lipinski definition) is 4. The summed E-state index contributed by atoms with van der Waals surface area (Å²) in [5.41, 5.74) is 0.614. The van der Waals surface area contributed by atoms with E-state index in [1.165, 1.54) is 0 Å². The Kier molecular flexibility index (Phi) is 4.43. The van der Waals surface area contributed by atoms with Crippen molar-refractivity contribution in [2.45, 2.75) is 10.9 Å². The van der Waals surface area contributed by atoms with E-state index >= 15 is 0 Å². The maximum atomic E-state index is 13.0. The molecule has 1 atom stereocenters. The highest BCUT2D eigenvalue weighted by molar-refractivity contribution is 7.89. The van der Waals surface area contributed by atoms with Crippen LogP contribution in [0.15, 0.2) is 53.7 Å². The van der Waals surface area contributed by atoms with E-state index in [0.29, 0.717) is 5.56 Å². The molecule has 0 saturated heterocycles. The molecule has 0 aliphatic carbocycles. The minimum Gasteiger partial charge on any atom is -0.394 e. The van der Waals surface area contributed by atoms with Crippen LogP contribution in [0.5, 0.6) is 0 Å². The van der Waals surface area contributed by atoms with E-state index in [-0.39, 0.29) is 4.90 Å². The number of nitrogens with zero attached hydrogens (tertiary/aromatic N) is 1. The molecule has 0 saturated carbocycles. The number of halogens is 1. The molecule has 1 aromatic heterocycles. The summed E-state index contributed by atoms with van der Waals surface area (Å²) in [7, 11) is -3.95. The van der Waals surface area contributed by atoms with Gasteiger partial charge < -0.3 is 5.11 Å². The number of aromatic nitrogens is 1. The molecule has 0 aliphatic heterocycles. The fourth-order valence-corrected chi connectivity index (χ4v) is 2.88. The van der Waals surface area contributed by atoms with Gasteiger partial charge in [-0.2, -0.15) is 0 Å². The number of pyridine rings is 1. The Balaban J connectivity index is 2.27. The number of benzene rings is 1. The summed E-state index contributed by atoms with van der Waals surface area (Å²) in [5, 5.41) is 9.33. The summed E-state index contributed by atoms with van der Waals surface area (Å²) >= 11 is 0. The first kappa shape index (κ1) is 14.6. The van der Waals surface area contributed by atoms with Crippen LogP contribution in [0.1, 0.15) is 11.6 Å². The quantitative estimate of drug-likeness (QED) is 0.870. The van der Waals surface area contributed by atoms with Crippen LogP contribution < -0.4 is 4.72 Å². The van der Waals surface area contributed by atoms with Gasteiger partial charge in [0, 0.05) is 6.20 Å². The first-order valence-corrected chi connectivity index (χ1v) is 7.30. The topological polar surface area (TPSA) is 79.3 Å². The molecular weight excluding hydrogens is 283 g/mol. The minimum atomic E-state index is -3.95. The van der Waals surface area contributed by atoms with Gasteiger partial charge in [-0.1, -0.05) is 30.3 Å². The average molecular weight is 296 g/mol. The second kappa shape index (κ2) is 6.08. The zero-order chi connectivity index (χ0) is 14.6. The molecule has 7 heteroatoms. The zero-order valence-electron chi connectivity index (χ0n) is 10.4. The molecule has 2 rings (SSSR count). The van der Waals surface area contributed by atoms with Crippen LogP contribution in [-0.2, 0) is 10.0 Å². The Hall–Kier alpha value is -1.83. The van der Waals surface area contributed by atoms with Crippen molar-refractivity contribution in [2.75, 3.05) is 6.61 Å². The summed E-state index contributed by atoms with van der Waals surface area (Å²) in [6.07, 6.45) is 1.96. The number of aliphatic hydroxyl groups is 1. The molecule has 0 fully saturated rings. The Morgan fingerprint density at radius 3 is 2.55 bits per heavy atom. The summed E-state index contributed by atoms with van der Waals surface area (Å²) < 4.78 is 39.6. The molecular formula is C13H13FN2O3S. The van der Waals surface area contributed by atoms with Crippen LogP contribution in [0, 0.1) is 5.82 Å². The maximum Gasteiger partial charge on any atom is 0.242 e. The van der Waals surface area contributed by atoms with E-state index < -0.39 is 28.5 Å². The minimum absolute atomic E-state index is 0.285. The van der Waals surface area contributed by atoms with Gasteiger partial charge in [-0.15, -0.1) is 0 Å². The van der Waals surface area contributed by atoms with Crippen molar-refractivity contribution in [1.29, 1.82) is 0 Å². The van der Waals surface area contributed by atoms with Crippen molar-refractivity contribution in [3.8, 4) is 0 Å². The predicted octanol–water partition coefficient (Wildman–Crippen LogP) is 1.23. The molecule has 2 N–H and O–H groups in total. The van der Waals surface area contributed by atoms with Crippen molar-refractivity contribution in [1.82, 2.24) is 9.71 Å². The van der Waals surface area contributed by atoms with Crippen molar-refractivity contribution >= 4 is 10.0 Å². The highest BCUT2D eigenvalue weighted by atomic mass is 32.2. The van der Waals surface area contributed by atoms with Gasteiger partial charge in [0.1, 0.15) is 10.7 Å². The van der Waals surface area contributed by atoms with Gasteiger partial charge >= 0.3 is 0 Å². The predicted molar refractivity (Wildman–Crippen MR) is 70.8 cm³/mol. The van der Waals surface area contributed by atoms with Crippen molar-refractivity contribution in [3.63, 3.8) is 0 Å². The first-order valence-electron chi connectivity index (χ1n) is 5.81. The van der Waals surface area contributed by atoms with E-state index in [4.69, 9.17) is 0 Å². The molecule has 106 valence electrons. The van der Waals surface area contributed by atoms with Crippen LogP contribution in [0.3, 0.4) is 0 Å². The number of hydrogen-bond donors (Lipinski definition) is 2. The molecule has 2 aromatic rings. The van der Waals surface area contributed by atoms with Crippen molar-refractivity contribution < 1.29 is 17.9 Å². The highest BCUT2D eigenvalue weighted by Gasteiger charge is 2.21. The van der Waals surface area contributed by atoms with E-state index in [0.717, 1.165) is 18.5 Å². The molecule has 1 heterocycles. The SMILES string of the molecule is O=S(=O)(N[C@@H](CO)c1ccccc1)c1cncc(F)c1. The molecule has 0 aliphatic rings. The third-order valence-corrected chi connectivity index (χ3v) is 4.11. The fraction of sp³-hybridized carbons (Fsp3) is 0.154. The van der Waals surface area contributed by atoms with Crippen LogP contribution in [0.25, 0.3) is 0 Å². The van der Waals surface area contributed by atoms with Gasteiger partial charge in [-0.05, 0) is 11.6 Å². The summed E-state index contributed by atoms with van der Waals surface area (Å²) in [4.78, 5) is 3.21. The molecule has 20 heavy (non-hydrogen) atoms. The monoisotopic (exact) mass is 296 g/mol. The van der Waals surface area contributed by atoms with Gasteiger partial charge in [0.25, 0.3) is 0 Å². The lowest BCUT2D eigenvalue weighted by Gasteiger charge is -2.16. The summed E-state index contributed by atoms with van der Waals surface area (Å²) in [5.74, 6) is -0.742. The normalized spacial score (nSPS) is 13.1. The van der Waals surface area contributed by atoms with E-state index in [1.807, 2.05) is 0 Å². The van der Waals surface area contributed by atoms with Gasteiger partial charge in [-0.25, -0.2) is 17.5 Å². The zero-order valence-corrected chi connectivity index (χ0v) is 11.2. The van der Waals surface area contributed by atoms with Crippen LogP contribution >= 0.6 is 0 Å². The lowest BCUT2D eigenvalue weighted by Crippen LogP contribution is -2.31. The largest absolute Gasteiger partial charge is 0.394 e. The molecule has 0 radical (unpaired) electrons. The maximum absolute atomic E-state index is 13.0. The van der Waals surface area contributed by atoms with Gasteiger partial charge in [-0.3, -0.25) is 4.98 Å². The number of nitrogens with one attached hydrogen (secondary N) is 1. The standard InChI is InChI=1S/C13H13FN2O3S/c14-11-6-12(8-15-7-11)20(18,19)16-13(9-17)10-4-2-1-3-5-10/h1-8,13,16-17H,9H2/t13-/m0/s1. The van der Waals surface area contributed by atoms with Gasteiger partial charge in [0.15, 0.2) is 0 Å². The Morgan fingerprint density at radius 2 is 1.95 bits per heavy atom. The number of sulfonamides is 1. The lowest BCUT2D eigenvalue weighted by molar-refractivity contribution is 0.259. The van der Waals surface area contributed by atoms with Crippen LogP contribution in [0.4, 0.5) is 4.39 Å². The molecule has 0 spiro atoms. The average Bonchev–Trinajstić information content (AvgIpc) is 2.46. The second-order valence-electron chi connectivity index (χ2n) is 4.11. The smallest absolute Gasteiger partial charge is 0.242 e. The van der Waals surface area contributed by atoms with Crippen LogP contribution in [-0.4, -0.2) is 25.1 Å². The van der Waals surface area contributed by atoms with Gasteiger partial charge in [0.05, 0.1) is 18.8 Å². The van der Waals surface area contributed by atoms with Gasteiger partial charge in [0.2, 0.25) is 10.0 Å². The molecule has 5 nitrogen and oxygen atoms in total. The van der Waals surface area contributed by atoms with E-state index in [2.05, 4.69) is 9.71 Å². The Labute approximate surface area is 116 Å². The first-order chi connectivity index (χ1) is 9.53. The van der Waals surface area contributed by atoms with Crippen molar-refractivity contribution in [2.24, 2.45) is 0 Å². The highest BCUT2D eigenvalue weighted by Crippen LogP contribution is 2.16. The Morgan fingerprint density at radius 1 is 1.25 bits per heavy atom.